The van der Waals surface area contributed by atoms with Gasteiger partial charge in [-0.2, -0.15) is 4.99 Å². The van der Waals surface area contributed by atoms with Gasteiger partial charge in [-0.15, -0.1) is 0 Å². The van der Waals surface area contributed by atoms with Crippen molar-refractivity contribution in [3.8, 4) is 0 Å². The molecule has 3 aromatic rings. The first-order valence-corrected chi connectivity index (χ1v) is 8.41. The van der Waals surface area contributed by atoms with Gasteiger partial charge in [0.2, 0.25) is 0 Å². The van der Waals surface area contributed by atoms with Gasteiger partial charge in [0.15, 0.2) is 4.80 Å². The minimum atomic E-state index is -0.614. The van der Waals surface area contributed by atoms with Crippen molar-refractivity contribution >= 4 is 39.1 Å². The summed E-state index contributed by atoms with van der Waals surface area (Å²) in [5, 5.41) is 0.606. The van der Waals surface area contributed by atoms with Crippen LogP contribution in [-0.4, -0.2) is 24.2 Å². The SMILES string of the molecule is COCCn1c(=NC(=O)c2ccccc2F)sc2cc(Cl)ccc21. The predicted octanol–water partition coefficient (Wildman–Crippen LogP) is 3.88. The molecule has 2 aromatic carbocycles. The molecule has 24 heavy (non-hydrogen) atoms. The fourth-order valence-electron chi connectivity index (χ4n) is 2.31. The Kier molecular flexibility index (Phi) is 5.08. The summed E-state index contributed by atoms with van der Waals surface area (Å²) in [4.78, 5) is 16.9. The molecule has 0 unspecified atom stereocenters. The molecule has 0 N–H and O–H groups in total. The van der Waals surface area contributed by atoms with Gasteiger partial charge in [0.05, 0.1) is 22.4 Å². The standard InChI is InChI=1S/C17H14ClFN2O2S/c1-23-9-8-21-14-7-6-11(18)10-15(14)24-17(21)20-16(22)12-4-2-3-5-13(12)19/h2-7,10H,8-9H2,1H3. The van der Waals surface area contributed by atoms with Crippen molar-refractivity contribution in [2.45, 2.75) is 6.54 Å². The lowest BCUT2D eigenvalue weighted by Crippen LogP contribution is -2.19. The van der Waals surface area contributed by atoms with Crippen LogP contribution in [0.15, 0.2) is 47.5 Å². The molecule has 3 rings (SSSR count). The molecule has 124 valence electrons. The van der Waals surface area contributed by atoms with Crippen molar-refractivity contribution in [1.82, 2.24) is 4.57 Å². The zero-order chi connectivity index (χ0) is 17.1. The van der Waals surface area contributed by atoms with E-state index in [2.05, 4.69) is 4.99 Å². The second-order valence-electron chi connectivity index (χ2n) is 5.04. The van der Waals surface area contributed by atoms with Gasteiger partial charge < -0.3 is 9.30 Å². The van der Waals surface area contributed by atoms with Gasteiger partial charge in [0, 0.05) is 18.7 Å². The van der Waals surface area contributed by atoms with Crippen molar-refractivity contribution in [2.24, 2.45) is 4.99 Å². The van der Waals surface area contributed by atoms with Crippen molar-refractivity contribution in [1.29, 1.82) is 0 Å². The molecule has 0 spiro atoms. The second kappa shape index (κ2) is 7.25. The van der Waals surface area contributed by atoms with Gasteiger partial charge in [-0.1, -0.05) is 35.1 Å². The summed E-state index contributed by atoms with van der Waals surface area (Å²) in [6, 6.07) is 11.3. The van der Waals surface area contributed by atoms with E-state index < -0.39 is 11.7 Å². The maximum absolute atomic E-state index is 13.8. The van der Waals surface area contributed by atoms with Crippen LogP contribution < -0.4 is 4.80 Å². The molecule has 0 bridgehead atoms. The van der Waals surface area contributed by atoms with Crippen LogP contribution in [0.25, 0.3) is 10.2 Å². The van der Waals surface area contributed by atoms with Gasteiger partial charge >= 0.3 is 0 Å². The lowest BCUT2D eigenvalue weighted by Gasteiger charge is -2.04. The van der Waals surface area contributed by atoms with Gasteiger partial charge in [-0.3, -0.25) is 4.79 Å². The minimum Gasteiger partial charge on any atom is -0.383 e. The molecule has 4 nitrogen and oxygen atoms in total. The first-order chi connectivity index (χ1) is 11.6. The Hall–Kier alpha value is -2.02. The predicted molar refractivity (Wildman–Crippen MR) is 93.0 cm³/mol. The third-order valence-corrected chi connectivity index (χ3v) is 4.74. The van der Waals surface area contributed by atoms with Crippen LogP contribution in [0.4, 0.5) is 4.39 Å². The van der Waals surface area contributed by atoms with Gasteiger partial charge in [-0.25, -0.2) is 4.39 Å². The van der Waals surface area contributed by atoms with Crippen molar-refractivity contribution in [3.63, 3.8) is 0 Å². The van der Waals surface area contributed by atoms with Crippen LogP contribution in [0.2, 0.25) is 5.02 Å². The smallest absolute Gasteiger partial charge is 0.282 e. The van der Waals surface area contributed by atoms with Crippen molar-refractivity contribution < 1.29 is 13.9 Å². The van der Waals surface area contributed by atoms with Crippen molar-refractivity contribution in [3.05, 3.63) is 63.7 Å². The Labute approximate surface area is 146 Å². The number of rotatable bonds is 4. The Morgan fingerprint density at radius 2 is 2.12 bits per heavy atom. The quantitative estimate of drug-likeness (QED) is 0.705. The largest absolute Gasteiger partial charge is 0.383 e. The number of carbonyl (C=O) groups is 1. The maximum Gasteiger partial charge on any atom is 0.282 e. The molecule has 0 atom stereocenters. The monoisotopic (exact) mass is 364 g/mol. The number of halogens is 2. The van der Waals surface area contributed by atoms with E-state index in [1.54, 1.807) is 19.2 Å². The van der Waals surface area contributed by atoms with Crippen LogP contribution in [0, 0.1) is 5.82 Å². The molecule has 0 aliphatic heterocycles. The molecule has 0 aliphatic carbocycles. The van der Waals surface area contributed by atoms with Crippen LogP contribution in [0.5, 0.6) is 0 Å². The molecule has 0 aliphatic rings. The first-order valence-electron chi connectivity index (χ1n) is 7.21. The fraction of sp³-hybridized carbons (Fsp3) is 0.176. The highest BCUT2D eigenvalue weighted by molar-refractivity contribution is 7.16. The number of aromatic nitrogens is 1. The summed E-state index contributed by atoms with van der Waals surface area (Å²) < 4.78 is 21.7. The van der Waals surface area contributed by atoms with E-state index in [1.165, 1.54) is 29.5 Å². The summed E-state index contributed by atoms with van der Waals surface area (Å²) in [6.07, 6.45) is 0. The molecular weight excluding hydrogens is 351 g/mol. The number of benzene rings is 2. The fourth-order valence-corrected chi connectivity index (χ4v) is 3.64. The topological polar surface area (TPSA) is 43.6 Å². The number of methoxy groups -OCH3 is 1. The molecule has 1 aromatic heterocycles. The summed E-state index contributed by atoms with van der Waals surface area (Å²) in [5.74, 6) is -1.20. The number of fused-ring (bicyclic) bond motifs is 1. The van der Waals surface area contributed by atoms with E-state index in [1.807, 2.05) is 16.7 Å². The molecule has 0 fully saturated rings. The van der Waals surface area contributed by atoms with E-state index in [0.29, 0.717) is 23.0 Å². The average molecular weight is 365 g/mol. The first kappa shape index (κ1) is 16.8. The number of nitrogens with zero attached hydrogens (tertiary/aromatic N) is 2. The average Bonchev–Trinajstić information content (AvgIpc) is 2.89. The number of thiazole rings is 1. The Morgan fingerprint density at radius 3 is 2.88 bits per heavy atom. The van der Waals surface area contributed by atoms with Crippen LogP contribution in [0.1, 0.15) is 10.4 Å². The summed E-state index contributed by atoms with van der Waals surface area (Å²) >= 11 is 7.36. The highest BCUT2D eigenvalue weighted by atomic mass is 35.5. The molecular formula is C17H14ClFN2O2S. The molecule has 0 saturated heterocycles. The number of ether oxygens (including phenoxy) is 1. The van der Waals surface area contributed by atoms with E-state index >= 15 is 0 Å². The van der Waals surface area contributed by atoms with Crippen LogP contribution in [0.3, 0.4) is 0 Å². The zero-order valence-electron chi connectivity index (χ0n) is 12.8. The Balaban J connectivity index is 2.13. The highest BCUT2D eigenvalue weighted by Gasteiger charge is 2.12. The molecule has 0 saturated carbocycles. The summed E-state index contributed by atoms with van der Waals surface area (Å²) in [6.45, 7) is 0.997. The molecule has 0 radical (unpaired) electrons. The molecule has 1 heterocycles. The number of carbonyl (C=O) groups excluding carboxylic acids is 1. The van der Waals surface area contributed by atoms with Gasteiger partial charge in [-0.05, 0) is 30.3 Å². The van der Waals surface area contributed by atoms with Crippen LogP contribution in [-0.2, 0) is 11.3 Å². The Morgan fingerprint density at radius 1 is 1.33 bits per heavy atom. The summed E-state index contributed by atoms with van der Waals surface area (Å²) in [7, 11) is 1.60. The highest BCUT2D eigenvalue weighted by Crippen LogP contribution is 2.22. The van der Waals surface area contributed by atoms with E-state index in [-0.39, 0.29) is 5.56 Å². The minimum absolute atomic E-state index is 0.0497. The maximum atomic E-state index is 13.8. The third-order valence-electron chi connectivity index (χ3n) is 3.47. The van der Waals surface area contributed by atoms with Gasteiger partial charge in [0.25, 0.3) is 5.91 Å². The third kappa shape index (κ3) is 3.40. The lowest BCUT2D eigenvalue weighted by atomic mass is 10.2. The van der Waals surface area contributed by atoms with Crippen molar-refractivity contribution in [2.75, 3.05) is 13.7 Å². The van der Waals surface area contributed by atoms with E-state index in [9.17, 15) is 9.18 Å². The second-order valence-corrected chi connectivity index (χ2v) is 6.48. The number of amides is 1. The normalized spacial score (nSPS) is 12.0. The number of hydrogen-bond donors (Lipinski definition) is 0. The Bertz CT molecular complexity index is 965. The number of hydrogen-bond acceptors (Lipinski definition) is 3. The summed E-state index contributed by atoms with van der Waals surface area (Å²) in [5.41, 5.74) is 0.854. The molecule has 1 amide bonds. The van der Waals surface area contributed by atoms with Gasteiger partial charge in [0.1, 0.15) is 5.82 Å². The molecule has 7 heteroatoms. The van der Waals surface area contributed by atoms with E-state index in [0.717, 1.165) is 10.2 Å². The zero-order valence-corrected chi connectivity index (χ0v) is 14.4. The van der Waals surface area contributed by atoms with E-state index in [4.69, 9.17) is 16.3 Å². The van der Waals surface area contributed by atoms with Crippen LogP contribution >= 0.6 is 22.9 Å². The lowest BCUT2D eigenvalue weighted by molar-refractivity contribution is 0.0993.